The largest absolute Gasteiger partial charge is 0.489 e. The molecule has 0 saturated carbocycles. The Kier molecular flexibility index (Phi) is 4.70. The van der Waals surface area contributed by atoms with Crippen molar-refractivity contribution >= 4 is 28.9 Å². The molecule has 5 heteroatoms. The fourth-order valence-corrected chi connectivity index (χ4v) is 1.97. The summed E-state index contributed by atoms with van der Waals surface area (Å²) in [6.07, 6.45) is 0.0222. The lowest BCUT2D eigenvalue weighted by Crippen LogP contribution is -2.14. The van der Waals surface area contributed by atoms with Crippen molar-refractivity contribution in [3.05, 3.63) is 53.1 Å². The first-order valence-electron chi connectivity index (χ1n) is 6.59. The van der Waals surface area contributed by atoms with Gasteiger partial charge in [0, 0.05) is 5.56 Å². The summed E-state index contributed by atoms with van der Waals surface area (Å²) in [4.78, 5) is 12.2. The van der Waals surface area contributed by atoms with Crippen LogP contribution in [-0.2, 0) is 0 Å². The number of benzene rings is 2. The Morgan fingerprint density at radius 2 is 1.95 bits per heavy atom. The zero-order chi connectivity index (χ0) is 15.4. The van der Waals surface area contributed by atoms with Crippen molar-refractivity contribution in [3.8, 4) is 5.75 Å². The molecule has 0 spiro atoms. The zero-order valence-electron chi connectivity index (χ0n) is 11.9. The van der Waals surface area contributed by atoms with E-state index >= 15 is 0 Å². The van der Waals surface area contributed by atoms with Crippen LogP contribution in [-0.4, -0.2) is 12.0 Å². The highest BCUT2D eigenvalue weighted by Gasteiger charge is 2.11. The maximum absolute atomic E-state index is 12.2. The molecule has 0 radical (unpaired) electrons. The highest BCUT2D eigenvalue weighted by molar-refractivity contribution is 6.33. The van der Waals surface area contributed by atoms with E-state index in [2.05, 4.69) is 5.32 Å². The van der Waals surface area contributed by atoms with Crippen molar-refractivity contribution in [3.63, 3.8) is 0 Å². The van der Waals surface area contributed by atoms with Crippen molar-refractivity contribution in [1.82, 2.24) is 0 Å². The molecular formula is C16H17ClN2O2. The first-order chi connectivity index (χ1) is 9.97. The molecule has 110 valence electrons. The highest BCUT2D eigenvalue weighted by atomic mass is 35.5. The standard InChI is InChI=1S/C16H17ClN2O2/c1-10(2)21-15-6-4-3-5-14(15)19-16(20)11-7-8-13(18)12(17)9-11/h3-10H,18H2,1-2H3,(H,19,20). The number of carbonyl (C=O) groups is 1. The number of nitrogen functional groups attached to an aromatic ring is 1. The Bertz CT molecular complexity index is 656. The van der Waals surface area contributed by atoms with Gasteiger partial charge in [0.1, 0.15) is 5.75 Å². The molecule has 21 heavy (non-hydrogen) atoms. The van der Waals surface area contributed by atoms with Gasteiger partial charge in [-0.1, -0.05) is 23.7 Å². The maximum atomic E-state index is 12.2. The highest BCUT2D eigenvalue weighted by Crippen LogP contribution is 2.26. The Morgan fingerprint density at radius 3 is 2.62 bits per heavy atom. The summed E-state index contributed by atoms with van der Waals surface area (Å²) in [5, 5.41) is 3.17. The van der Waals surface area contributed by atoms with E-state index in [0.29, 0.717) is 27.7 Å². The van der Waals surface area contributed by atoms with Crippen molar-refractivity contribution < 1.29 is 9.53 Å². The van der Waals surface area contributed by atoms with Gasteiger partial charge >= 0.3 is 0 Å². The lowest BCUT2D eigenvalue weighted by molar-refractivity contribution is 0.102. The molecule has 0 atom stereocenters. The number of nitrogens with two attached hydrogens (primary N) is 1. The van der Waals surface area contributed by atoms with Crippen molar-refractivity contribution in [2.75, 3.05) is 11.1 Å². The molecule has 3 N–H and O–H groups in total. The Balaban J connectivity index is 2.21. The molecule has 0 aliphatic carbocycles. The fourth-order valence-electron chi connectivity index (χ4n) is 1.79. The van der Waals surface area contributed by atoms with Gasteiger partial charge in [-0.15, -0.1) is 0 Å². The number of hydrogen-bond acceptors (Lipinski definition) is 3. The summed E-state index contributed by atoms with van der Waals surface area (Å²) in [6.45, 7) is 3.86. The zero-order valence-corrected chi connectivity index (χ0v) is 12.6. The van der Waals surface area contributed by atoms with Gasteiger partial charge < -0.3 is 15.8 Å². The topological polar surface area (TPSA) is 64.3 Å². The number of ether oxygens (including phenoxy) is 1. The van der Waals surface area contributed by atoms with Crippen LogP contribution in [0.3, 0.4) is 0 Å². The molecule has 0 bridgehead atoms. The van der Waals surface area contributed by atoms with Crippen LogP contribution >= 0.6 is 11.6 Å². The van der Waals surface area contributed by atoms with E-state index in [1.165, 1.54) is 6.07 Å². The van der Waals surface area contributed by atoms with E-state index in [9.17, 15) is 4.79 Å². The number of para-hydroxylation sites is 2. The smallest absolute Gasteiger partial charge is 0.255 e. The number of nitrogens with one attached hydrogen (secondary N) is 1. The molecule has 4 nitrogen and oxygen atoms in total. The van der Waals surface area contributed by atoms with E-state index in [4.69, 9.17) is 22.1 Å². The predicted molar refractivity (Wildman–Crippen MR) is 86.0 cm³/mol. The molecule has 2 rings (SSSR count). The number of rotatable bonds is 4. The van der Waals surface area contributed by atoms with Crippen LogP contribution in [0.2, 0.25) is 5.02 Å². The second-order valence-electron chi connectivity index (χ2n) is 4.85. The van der Waals surface area contributed by atoms with Crippen molar-refractivity contribution in [2.45, 2.75) is 20.0 Å². The Hall–Kier alpha value is -2.20. The first kappa shape index (κ1) is 15.2. The predicted octanol–water partition coefficient (Wildman–Crippen LogP) is 3.96. The fraction of sp³-hybridized carbons (Fsp3) is 0.188. The molecule has 0 aliphatic heterocycles. The van der Waals surface area contributed by atoms with Gasteiger partial charge in [0.05, 0.1) is 22.5 Å². The number of hydrogen-bond donors (Lipinski definition) is 2. The summed E-state index contributed by atoms with van der Waals surface area (Å²) in [6, 6.07) is 12.1. The second-order valence-corrected chi connectivity index (χ2v) is 5.26. The molecule has 0 fully saturated rings. The lowest BCUT2D eigenvalue weighted by atomic mass is 10.2. The van der Waals surface area contributed by atoms with Crippen molar-refractivity contribution in [2.24, 2.45) is 0 Å². The molecule has 0 unspecified atom stereocenters. The molecule has 0 aromatic heterocycles. The summed E-state index contributed by atoms with van der Waals surface area (Å²) in [7, 11) is 0. The molecular weight excluding hydrogens is 288 g/mol. The quantitative estimate of drug-likeness (QED) is 0.840. The van der Waals surface area contributed by atoms with E-state index in [-0.39, 0.29) is 12.0 Å². The van der Waals surface area contributed by atoms with Gasteiger partial charge in [-0.2, -0.15) is 0 Å². The maximum Gasteiger partial charge on any atom is 0.255 e. The van der Waals surface area contributed by atoms with Gasteiger partial charge in [0.2, 0.25) is 0 Å². The third-order valence-corrected chi connectivity index (χ3v) is 3.09. The van der Waals surface area contributed by atoms with Crippen LogP contribution in [0.15, 0.2) is 42.5 Å². The van der Waals surface area contributed by atoms with Crippen LogP contribution in [0.5, 0.6) is 5.75 Å². The van der Waals surface area contributed by atoms with E-state index in [1.54, 1.807) is 18.2 Å². The van der Waals surface area contributed by atoms with Crippen LogP contribution in [0.1, 0.15) is 24.2 Å². The molecule has 1 amide bonds. The second kappa shape index (κ2) is 6.50. The monoisotopic (exact) mass is 304 g/mol. The minimum Gasteiger partial charge on any atom is -0.489 e. The Morgan fingerprint density at radius 1 is 1.24 bits per heavy atom. The first-order valence-corrected chi connectivity index (χ1v) is 6.97. The van der Waals surface area contributed by atoms with Gasteiger partial charge in [0.15, 0.2) is 0 Å². The lowest BCUT2D eigenvalue weighted by Gasteiger charge is -2.15. The van der Waals surface area contributed by atoms with Crippen molar-refractivity contribution in [1.29, 1.82) is 0 Å². The summed E-state index contributed by atoms with van der Waals surface area (Å²) >= 11 is 5.93. The summed E-state index contributed by atoms with van der Waals surface area (Å²) in [5.74, 6) is 0.360. The average molecular weight is 305 g/mol. The molecule has 2 aromatic carbocycles. The molecule has 0 aliphatic rings. The van der Waals surface area contributed by atoms with Crippen LogP contribution < -0.4 is 15.8 Å². The van der Waals surface area contributed by atoms with E-state index < -0.39 is 0 Å². The van der Waals surface area contributed by atoms with Gasteiger partial charge in [-0.3, -0.25) is 4.79 Å². The normalized spacial score (nSPS) is 10.5. The van der Waals surface area contributed by atoms with E-state index in [0.717, 1.165) is 0 Å². The summed E-state index contributed by atoms with van der Waals surface area (Å²) in [5.41, 5.74) is 7.13. The van der Waals surface area contributed by atoms with Crippen LogP contribution in [0.25, 0.3) is 0 Å². The third kappa shape index (κ3) is 3.89. The van der Waals surface area contributed by atoms with Gasteiger partial charge in [-0.05, 0) is 44.2 Å². The number of carbonyl (C=O) groups excluding carboxylic acids is 1. The number of halogens is 1. The molecule has 0 heterocycles. The minimum atomic E-state index is -0.267. The SMILES string of the molecule is CC(C)Oc1ccccc1NC(=O)c1ccc(N)c(Cl)c1. The van der Waals surface area contributed by atoms with Crippen LogP contribution in [0.4, 0.5) is 11.4 Å². The molecule has 0 saturated heterocycles. The van der Waals surface area contributed by atoms with E-state index in [1.807, 2.05) is 32.0 Å². The molecule has 2 aromatic rings. The Labute approximate surface area is 128 Å². The van der Waals surface area contributed by atoms with Gasteiger partial charge in [0.25, 0.3) is 5.91 Å². The number of amides is 1. The van der Waals surface area contributed by atoms with Gasteiger partial charge in [-0.25, -0.2) is 0 Å². The average Bonchev–Trinajstić information content (AvgIpc) is 2.43. The minimum absolute atomic E-state index is 0.0222. The summed E-state index contributed by atoms with van der Waals surface area (Å²) < 4.78 is 5.66. The third-order valence-electron chi connectivity index (χ3n) is 2.76. The van der Waals surface area contributed by atoms with Crippen LogP contribution in [0, 0.1) is 0 Å². The number of anilines is 2.